The molecule has 1 heterocycles. The van der Waals surface area contributed by atoms with Gasteiger partial charge in [-0.2, -0.15) is 0 Å². The van der Waals surface area contributed by atoms with Crippen LogP contribution >= 0.6 is 0 Å². The van der Waals surface area contributed by atoms with Crippen LogP contribution in [0.1, 0.15) is 37.8 Å². The van der Waals surface area contributed by atoms with Gasteiger partial charge >= 0.3 is 0 Å². The van der Waals surface area contributed by atoms with Gasteiger partial charge in [0.05, 0.1) is 11.5 Å². The summed E-state index contributed by atoms with van der Waals surface area (Å²) in [7, 11) is -2.82. The average molecular weight is 285 g/mol. The van der Waals surface area contributed by atoms with Gasteiger partial charge in [-0.1, -0.05) is 19.1 Å². The summed E-state index contributed by atoms with van der Waals surface area (Å²) >= 11 is 0. The number of nitrogens with one attached hydrogen (secondary N) is 1. The fourth-order valence-corrected chi connectivity index (χ4v) is 3.98. The second-order valence-electron chi connectivity index (χ2n) is 5.11. The summed E-state index contributed by atoms with van der Waals surface area (Å²) in [5.41, 5.74) is 1.05. The first kappa shape index (κ1) is 14.5. The van der Waals surface area contributed by atoms with Crippen molar-refractivity contribution in [3.8, 4) is 0 Å². The summed E-state index contributed by atoms with van der Waals surface area (Å²) in [6.07, 6.45) is 2.23. The first-order valence-corrected chi connectivity index (χ1v) is 8.54. The van der Waals surface area contributed by atoms with Crippen LogP contribution in [-0.2, 0) is 9.84 Å². The molecular weight excluding hydrogens is 265 g/mol. The Morgan fingerprint density at radius 2 is 1.84 bits per heavy atom. The molecule has 0 bridgehead atoms. The third-order valence-corrected chi connectivity index (χ3v) is 5.39. The predicted octanol–water partition coefficient (Wildman–Crippen LogP) is 2.44. The SMILES string of the molecule is CCC(NC1CCS(=O)(=O)CC1)c1ccc(F)cc1. The van der Waals surface area contributed by atoms with Crippen LogP contribution in [-0.4, -0.2) is 26.0 Å². The molecule has 1 atom stereocenters. The largest absolute Gasteiger partial charge is 0.307 e. The van der Waals surface area contributed by atoms with Crippen LogP contribution in [0.15, 0.2) is 24.3 Å². The van der Waals surface area contributed by atoms with E-state index >= 15 is 0 Å². The summed E-state index contributed by atoms with van der Waals surface area (Å²) in [5, 5.41) is 3.49. The van der Waals surface area contributed by atoms with Gasteiger partial charge in [-0.05, 0) is 37.0 Å². The summed E-state index contributed by atoms with van der Waals surface area (Å²) in [4.78, 5) is 0. The van der Waals surface area contributed by atoms with Crippen LogP contribution in [0.2, 0.25) is 0 Å². The first-order chi connectivity index (χ1) is 9.00. The van der Waals surface area contributed by atoms with Crippen molar-refractivity contribution in [3.63, 3.8) is 0 Å². The topological polar surface area (TPSA) is 46.2 Å². The zero-order valence-electron chi connectivity index (χ0n) is 11.1. The van der Waals surface area contributed by atoms with Gasteiger partial charge in [-0.15, -0.1) is 0 Å². The molecule has 0 saturated carbocycles. The van der Waals surface area contributed by atoms with Crippen LogP contribution in [0.4, 0.5) is 4.39 Å². The van der Waals surface area contributed by atoms with E-state index in [1.165, 1.54) is 12.1 Å². The second-order valence-corrected chi connectivity index (χ2v) is 7.41. The van der Waals surface area contributed by atoms with Crippen LogP contribution in [0.5, 0.6) is 0 Å². The Hall–Kier alpha value is -0.940. The third kappa shape index (κ3) is 4.01. The minimum Gasteiger partial charge on any atom is -0.307 e. The molecule has 1 fully saturated rings. The fraction of sp³-hybridized carbons (Fsp3) is 0.571. The molecule has 1 saturated heterocycles. The molecule has 1 aliphatic heterocycles. The van der Waals surface area contributed by atoms with Crippen molar-refractivity contribution in [1.82, 2.24) is 5.32 Å². The summed E-state index contributed by atoms with van der Waals surface area (Å²) in [6.45, 7) is 2.07. The Bertz CT molecular complexity index is 499. The zero-order valence-corrected chi connectivity index (χ0v) is 11.9. The molecule has 0 amide bonds. The molecule has 1 aromatic carbocycles. The van der Waals surface area contributed by atoms with Crippen LogP contribution in [0.3, 0.4) is 0 Å². The lowest BCUT2D eigenvalue weighted by atomic mass is 10.0. The summed E-state index contributed by atoms with van der Waals surface area (Å²) in [5.74, 6) is 0.303. The third-order valence-electron chi connectivity index (χ3n) is 3.67. The Kier molecular flexibility index (Phi) is 4.58. The van der Waals surface area contributed by atoms with E-state index in [2.05, 4.69) is 12.2 Å². The van der Waals surface area contributed by atoms with E-state index in [4.69, 9.17) is 0 Å². The van der Waals surface area contributed by atoms with Crippen molar-refractivity contribution in [1.29, 1.82) is 0 Å². The maximum atomic E-state index is 12.9. The normalized spacial score (nSPS) is 21.2. The van der Waals surface area contributed by atoms with Gasteiger partial charge in [0.15, 0.2) is 0 Å². The van der Waals surface area contributed by atoms with Gasteiger partial charge in [0.1, 0.15) is 15.7 Å². The number of hydrogen-bond acceptors (Lipinski definition) is 3. The lowest BCUT2D eigenvalue weighted by molar-refractivity contribution is 0.397. The number of sulfone groups is 1. The molecule has 0 radical (unpaired) electrons. The molecule has 19 heavy (non-hydrogen) atoms. The highest BCUT2D eigenvalue weighted by molar-refractivity contribution is 7.91. The Balaban J connectivity index is 1.98. The quantitative estimate of drug-likeness (QED) is 0.924. The van der Waals surface area contributed by atoms with Crippen LogP contribution in [0.25, 0.3) is 0 Å². The molecule has 0 aliphatic carbocycles. The number of benzene rings is 1. The van der Waals surface area contributed by atoms with E-state index in [-0.39, 0.29) is 29.4 Å². The number of hydrogen-bond donors (Lipinski definition) is 1. The van der Waals surface area contributed by atoms with Crippen molar-refractivity contribution in [2.75, 3.05) is 11.5 Å². The highest BCUT2D eigenvalue weighted by atomic mass is 32.2. The molecule has 1 aromatic rings. The Morgan fingerprint density at radius 3 is 2.37 bits per heavy atom. The van der Waals surface area contributed by atoms with Crippen molar-refractivity contribution in [3.05, 3.63) is 35.6 Å². The maximum Gasteiger partial charge on any atom is 0.150 e. The van der Waals surface area contributed by atoms with Crippen molar-refractivity contribution >= 4 is 9.84 Å². The molecule has 1 unspecified atom stereocenters. The predicted molar refractivity (Wildman–Crippen MR) is 74.2 cm³/mol. The van der Waals surface area contributed by atoms with E-state index in [0.717, 1.165) is 12.0 Å². The Labute approximate surface area is 114 Å². The monoisotopic (exact) mass is 285 g/mol. The van der Waals surface area contributed by atoms with E-state index in [1.54, 1.807) is 12.1 Å². The minimum atomic E-state index is -2.82. The number of halogens is 1. The van der Waals surface area contributed by atoms with Crippen molar-refractivity contribution in [2.45, 2.75) is 38.3 Å². The average Bonchev–Trinajstić information content (AvgIpc) is 2.39. The molecule has 106 valence electrons. The zero-order chi connectivity index (χ0) is 13.9. The summed E-state index contributed by atoms with van der Waals surface area (Å²) in [6, 6.07) is 6.90. The Morgan fingerprint density at radius 1 is 1.26 bits per heavy atom. The van der Waals surface area contributed by atoms with Gasteiger partial charge in [0.25, 0.3) is 0 Å². The molecule has 1 aliphatic rings. The molecule has 1 N–H and O–H groups in total. The van der Waals surface area contributed by atoms with E-state index < -0.39 is 9.84 Å². The van der Waals surface area contributed by atoms with Crippen LogP contribution < -0.4 is 5.32 Å². The maximum absolute atomic E-state index is 12.9. The van der Waals surface area contributed by atoms with E-state index in [1.807, 2.05) is 0 Å². The minimum absolute atomic E-state index is 0.159. The smallest absolute Gasteiger partial charge is 0.150 e. The van der Waals surface area contributed by atoms with Crippen LogP contribution in [0, 0.1) is 5.82 Å². The lowest BCUT2D eigenvalue weighted by Gasteiger charge is -2.28. The highest BCUT2D eigenvalue weighted by Crippen LogP contribution is 2.21. The fourth-order valence-electron chi connectivity index (χ4n) is 2.49. The molecule has 0 aromatic heterocycles. The molecule has 0 spiro atoms. The van der Waals surface area contributed by atoms with Gasteiger partial charge in [-0.25, -0.2) is 12.8 Å². The van der Waals surface area contributed by atoms with Crippen molar-refractivity contribution in [2.24, 2.45) is 0 Å². The van der Waals surface area contributed by atoms with Gasteiger partial charge in [0.2, 0.25) is 0 Å². The first-order valence-electron chi connectivity index (χ1n) is 6.72. The molecular formula is C14H20FNO2S. The van der Waals surface area contributed by atoms with Gasteiger partial charge in [0, 0.05) is 12.1 Å². The molecule has 5 heteroatoms. The van der Waals surface area contributed by atoms with E-state index in [0.29, 0.717) is 12.8 Å². The van der Waals surface area contributed by atoms with Gasteiger partial charge in [-0.3, -0.25) is 0 Å². The molecule has 3 nitrogen and oxygen atoms in total. The highest BCUT2D eigenvalue weighted by Gasteiger charge is 2.25. The van der Waals surface area contributed by atoms with E-state index in [9.17, 15) is 12.8 Å². The van der Waals surface area contributed by atoms with Crippen molar-refractivity contribution < 1.29 is 12.8 Å². The lowest BCUT2D eigenvalue weighted by Crippen LogP contribution is -2.39. The standard InChI is InChI=1S/C14H20FNO2S/c1-2-14(11-3-5-12(15)6-4-11)16-13-7-9-19(17,18)10-8-13/h3-6,13-14,16H,2,7-10H2,1H3. The van der Waals surface area contributed by atoms with Gasteiger partial charge < -0.3 is 5.32 Å². The molecule has 2 rings (SSSR count). The second kappa shape index (κ2) is 6.01. The number of rotatable bonds is 4. The summed E-state index contributed by atoms with van der Waals surface area (Å²) < 4.78 is 35.7.